The van der Waals surface area contributed by atoms with Gasteiger partial charge in [-0.05, 0) is 31.0 Å². The van der Waals surface area contributed by atoms with E-state index in [4.69, 9.17) is 10.8 Å². The first-order chi connectivity index (χ1) is 8.03. The van der Waals surface area contributed by atoms with Gasteiger partial charge in [-0.2, -0.15) is 0 Å². The number of amides is 1. The molecule has 5 heteroatoms. The number of hydrogen-bond acceptors (Lipinski definition) is 4. The van der Waals surface area contributed by atoms with Crippen molar-refractivity contribution in [2.75, 3.05) is 17.7 Å². The van der Waals surface area contributed by atoms with Gasteiger partial charge in [-0.1, -0.05) is 6.07 Å². The molecule has 1 heterocycles. The maximum atomic E-state index is 11.3. The Kier molecular flexibility index (Phi) is 3.42. The van der Waals surface area contributed by atoms with Crippen molar-refractivity contribution in [3.63, 3.8) is 0 Å². The van der Waals surface area contributed by atoms with Gasteiger partial charge in [0.15, 0.2) is 0 Å². The van der Waals surface area contributed by atoms with Gasteiger partial charge in [0.2, 0.25) is 5.91 Å². The number of nitrogens with two attached hydrogens (primary N) is 1. The molecule has 0 aliphatic carbocycles. The van der Waals surface area contributed by atoms with Crippen LogP contribution in [0, 0.1) is 0 Å². The Morgan fingerprint density at radius 2 is 2.35 bits per heavy atom. The molecular weight excluding hydrogens is 236 g/mol. The summed E-state index contributed by atoms with van der Waals surface area (Å²) in [6.45, 7) is 1.92. The number of thioether (sulfide) groups is 1. The molecule has 92 valence electrons. The minimum atomic E-state index is -0.573. The van der Waals surface area contributed by atoms with E-state index in [-0.39, 0.29) is 12.5 Å². The molecule has 1 aromatic carbocycles. The smallest absolute Gasteiger partial charge is 0.234 e. The lowest BCUT2D eigenvalue weighted by Crippen LogP contribution is -2.34. The molecule has 0 saturated heterocycles. The summed E-state index contributed by atoms with van der Waals surface area (Å²) in [5.74, 6) is 0.476. The molecule has 1 aromatic rings. The van der Waals surface area contributed by atoms with E-state index in [1.165, 1.54) is 11.8 Å². The highest BCUT2D eigenvalue weighted by Gasteiger charge is 2.23. The average Bonchev–Trinajstić information content (AvgIpc) is 2.28. The number of rotatable bonds is 3. The van der Waals surface area contributed by atoms with Gasteiger partial charge >= 0.3 is 0 Å². The highest BCUT2D eigenvalue weighted by Crippen LogP contribution is 2.34. The van der Waals surface area contributed by atoms with E-state index in [9.17, 15) is 4.79 Å². The summed E-state index contributed by atoms with van der Waals surface area (Å²) in [7, 11) is 0. The third-order valence-corrected chi connectivity index (χ3v) is 3.98. The number of aliphatic hydroxyl groups is 1. The molecule has 1 aliphatic rings. The Hall–Kier alpha value is -1.04. The quantitative estimate of drug-likeness (QED) is 0.757. The van der Waals surface area contributed by atoms with E-state index >= 15 is 0 Å². The number of hydrogen-bond donors (Lipinski definition) is 3. The van der Waals surface area contributed by atoms with Gasteiger partial charge in [-0.15, -0.1) is 11.8 Å². The fourth-order valence-electron chi connectivity index (χ4n) is 1.81. The van der Waals surface area contributed by atoms with Gasteiger partial charge in [-0.25, -0.2) is 0 Å². The van der Waals surface area contributed by atoms with Crippen molar-refractivity contribution in [2.45, 2.75) is 23.8 Å². The normalized spacial score (nSPS) is 18.2. The topological polar surface area (TPSA) is 75.3 Å². The Bertz CT molecular complexity index is 446. The predicted molar refractivity (Wildman–Crippen MR) is 69.0 cm³/mol. The monoisotopic (exact) mass is 252 g/mol. The van der Waals surface area contributed by atoms with E-state index in [1.54, 1.807) is 0 Å². The van der Waals surface area contributed by atoms with Crippen molar-refractivity contribution in [3.8, 4) is 0 Å². The van der Waals surface area contributed by atoms with Gasteiger partial charge in [-0.3, -0.25) is 4.79 Å². The second kappa shape index (κ2) is 4.68. The van der Waals surface area contributed by atoms with Crippen LogP contribution in [0.1, 0.15) is 18.9 Å². The van der Waals surface area contributed by atoms with E-state index in [0.717, 1.165) is 16.1 Å². The molecule has 1 aliphatic heterocycles. The Morgan fingerprint density at radius 1 is 1.59 bits per heavy atom. The van der Waals surface area contributed by atoms with E-state index < -0.39 is 5.54 Å². The summed E-state index contributed by atoms with van der Waals surface area (Å²) in [5.41, 5.74) is 7.31. The first kappa shape index (κ1) is 12.4. The number of aliphatic hydroxyl groups excluding tert-OH is 1. The van der Waals surface area contributed by atoms with Gasteiger partial charge < -0.3 is 16.2 Å². The average molecular weight is 252 g/mol. The number of carbonyl (C=O) groups is 1. The number of nitrogens with one attached hydrogen (secondary N) is 1. The molecule has 0 fully saturated rings. The highest BCUT2D eigenvalue weighted by atomic mass is 32.2. The number of benzene rings is 1. The lowest BCUT2D eigenvalue weighted by atomic mass is 9.90. The lowest BCUT2D eigenvalue weighted by Gasteiger charge is -2.26. The van der Waals surface area contributed by atoms with Crippen LogP contribution in [-0.4, -0.2) is 23.4 Å². The first-order valence-electron chi connectivity index (χ1n) is 5.50. The van der Waals surface area contributed by atoms with Crippen LogP contribution in [0.15, 0.2) is 23.1 Å². The van der Waals surface area contributed by atoms with Crippen molar-refractivity contribution in [3.05, 3.63) is 23.8 Å². The summed E-state index contributed by atoms with van der Waals surface area (Å²) in [5, 5.41) is 11.8. The zero-order chi connectivity index (χ0) is 12.5. The SMILES string of the molecule is CC(N)(CCO)c1ccc2c(c1)NC(=O)CS2. The molecule has 1 atom stereocenters. The van der Waals surface area contributed by atoms with Crippen LogP contribution >= 0.6 is 11.8 Å². The molecule has 4 N–H and O–H groups in total. The van der Waals surface area contributed by atoms with Crippen molar-refractivity contribution in [2.24, 2.45) is 5.73 Å². The summed E-state index contributed by atoms with van der Waals surface area (Å²) < 4.78 is 0. The molecule has 0 saturated carbocycles. The highest BCUT2D eigenvalue weighted by molar-refractivity contribution is 8.00. The largest absolute Gasteiger partial charge is 0.396 e. The van der Waals surface area contributed by atoms with Crippen LogP contribution < -0.4 is 11.1 Å². The van der Waals surface area contributed by atoms with E-state index in [0.29, 0.717) is 12.2 Å². The lowest BCUT2D eigenvalue weighted by molar-refractivity contribution is -0.113. The van der Waals surface area contributed by atoms with Gasteiger partial charge in [0, 0.05) is 17.0 Å². The molecule has 1 amide bonds. The molecule has 0 aromatic heterocycles. The minimum absolute atomic E-state index is 0.0144. The molecule has 1 unspecified atom stereocenters. The van der Waals surface area contributed by atoms with Gasteiger partial charge in [0.1, 0.15) is 0 Å². The standard InChI is InChI=1S/C12H16N2O2S/c1-12(13,4-5-15)8-2-3-10-9(6-8)14-11(16)7-17-10/h2-3,6,15H,4-5,7,13H2,1H3,(H,14,16). The van der Waals surface area contributed by atoms with Crippen LogP contribution in [-0.2, 0) is 10.3 Å². The van der Waals surface area contributed by atoms with Crippen molar-refractivity contribution < 1.29 is 9.90 Å². The fourth-order valence-corrected chi connectivity index (χ4v) is 2.60. The van der Waals surface area contributed by atoms with Gasteiger partial charge in [0.05, 0.1) is 11.4 Å². The summed E-state index contributed by atoms with van der Waals surface area (Å²) >= 11 is 1.53. The molecule has 4 nitrogen and oxygen atoms in total. The Labute approximate surface area is 105 Å². The summed E-state index contributed by atoms with van der Waals surface area (Å²) in [6.07, 6.45) is 0.493. The Balaban J connectivity index is 2.32. The minimum Gasteiger partial charge on any atom is -0.396 e. The van der Waals surface area contributed by atoms with Crippen molar-refractivity contribution in [1.82, 2.24) is 0 Å². The van der Waals surface area contributed by atoms with E-state index in [1.807, 2.05) is 25.1 Å². The number of fused-ring (bicyclic) bond motifs is 1. The number of anilines is 1. The zero-order valence-corrected chi connectivity index (χ0v) is 10.5. The predicted octanol–water partition coefficient (Wildman–Crippen LogP) is 1.29. The summed E-state index contributed by atoms with van der Waals surface area (Å²) in [6, 6.07) is 5.82. The van der Waals surface area contributed by atoms with Crippen molar-refractivity contribution >= 4 is 23.4 Å². The number of carbonyl (C=O) groups excluding carboxylic acids is 1. The summed E-state index contributed by atoms with van der Waals surface area (Å²) in [4.78, 5) is 12.4. The molecule has 17 heavy (non-hydrogen) atoms. The molecule has 0 bridgehead atoms. The third kappa shape index (κ3) is 2.62. The van der Waals surface area contributed by atoms with Crippen LogP contribution in [0.25, 0.3) is 0 Å². The molecule has 0 radical (unpaired) electrons. The fraction of sp³-hybridized carbons (Fsp3) is 0.417. The second-order valence-electron chi connectivity index (χ2n) is 4.44. The second-order valence-corrected chi connectivity index (χ2v) is 5.46. The van der Waals surface area contributed by atoms with Crippen LogP contribution in [0.3, 0.4) is 0 Å². The molecular formula is C12H16N2O2S. The third-order valence-electron chi connectivity index (χ3n) is 2.90. The first-order valence-corrected chi connectivity index (χ1v) is 6.48. The van der Waals surface area contributed by atoms with Crippen LogP contribution in [0.2, 0.25) is 0 Å². The van der Waals surface area contributed by atoms with Crippen LogP contribution in [0.4, 0.5) is 5.69 Å². The van der Waals surface area contributed by atoms with Crippen molar-refractivity contribution in [1.29, 1.82) is 0 Å². The molecule has 0 spiro atoms. The van der Waals surface area contributed by atoms with Gasteiger partial charge in [0.25, 0.3) is 0 Å². The van der Waals surface area contributed by atoms with Crippen LogP contribution in [0.5, 0.6) is 0 Å². The Morgan fingerprint density at radius 3 is 3.06 bits per heavy atom. The maximum Gasteiger partial charge on any atom is 0.234 e. The zero-order valence-electron chi connectivity index (χ0n) is 9.69. The van der Waals surface area contributed by atoms with E-state index in [2.05, 4.69) is 5.32 Å². The molecule has 2 rings (SSSR count). The maximum absolute atomic E-state index is 11.3.